The molecule has 0 aliphatic carbocycles. The number of rotatable bonds is 2. The van der Waals surface area contributed by atoms with Crippen LogP contribution in [0.1, 0.15) is 34.6 Å². The maximum Gasteiger partial charge on any atom is 0.522 e. The molecule has 0 bridgehead atoms. The summed E-state index contributed by atoms with van der Waals surface area (Å²) in [5.74, 6) is -1.01. The molecule has 0 radical (unpaired) electrons. The molecule has 0 aromatic heterocycles. The fraction of sp³-hybridized carbons (Fsp3) is 0.364. The van der Waals surface area contributed by atoms with Gasteiger partial charge in [0, 0.05) is 10.7 Å². The molecule has 18 heavy (non-hydrogen) atoms. The Balaban J connectivity index is 2.63. The minimum absolute atomic E-state index is 0.0486. The molecule has 7 heteroatoms. The maximum atomic E-state index is 13.4. The summed E-state index contributed by atoms with van der Waals surface area (Å²) in [4.78, 5) is 21.9. The van der Waals surface area contributed by atoms with E-state index in [2.05, 4.69) is 5.18 Å². The number of halogens is 1. The number of nitroso groups, excluding NO2 is 1. The number of fused-ring (bicyclic) bond motifs is 1. The normalized spacial score (nSPS) is 15.6. The Morgan fingerprint density at radius 3 is 2.94 bits per heavy atom. The van der Waals surface area contributed by atoms with Crippen LogP contribution in [0.4, 0.5) is 4.39 Å². The quantitative estimate of drug-likeness (QED) is 0.644. The van der Waals surface area contributed by atoms with E-state index in [0.29, 0.717) is 18.3 Å². The van der Waals surface area contributed by atoms with Gasteiger partial charge in [-0.1, -0.05) is 12.1 Å². The van der Waals surface area contributed by atoms with Gasteiger partial charge in [0.15, 0.2) is 0 Å². The molecule has 1 unspecified atom stereocenters. The first-order valence-electron chi connectivity index (χ1n) is 5.57. The van der Waals surface area contributed by atoms with Crippen molar-refractivity contribution in [3.63, 3.8) is 0 Å². The third-order valence-electron chi connectivity index (χ3n) is 2.91. The summed E-state index contributed by atoms with van der Waals surface area (Å²) >= 11 is 0. The fourth-order valence-electron chi connectivity index (χ4n) is 2.04. The van der Waals surface area contributed by atoms with Gasteiger partial charge >= 0.3 is 13.0 Å². The predicted molar refractivity (Wildman–Crippen MR) is 63.2 cm³/mol. The molecule has 94 valence electrons. The minimum atomic E-state index is -1.43. The summed E-state index contributed by atoms with van der Waals surface area (Å²) in [7, 11) is -1.05. The molecule has 5 nitrogen and oxygen atoms in total. The average molecular weight is 251 g/mol. The SMILES string of the molecule is CC(F)c1ccc2c(c1C(=O)N=O)OB(O)CC2. The molecule has 0 fully saturated rings. The van der Waals surface area contributed by atoms with Crippen LogP contribution < -0.4 is 4.65 Å². The molecule has 0 spiro atoms. The van der Waals surface area contributed by atoms with Crippen LogP contribution in [0.15, 0.2) is 17.3 Å². The fourth-order valence-corrected chi connectivity index (χ4v) is 2.04. The van der Waals surface area contributed by atoms with Gasteiger partial charge in [-0.05, 0) is 25.2 Å². The van der Waals surface area contributed by atoms with Crippen LogP contribution in [0.3, 0.4) is 0 Å². The molecule has 1 heterocycles. The molecular formula is C11H11BFNO4. The minimum Gasteiger partial charge on any atom is -0.535 e. The van der Waals surface area contributed by atoms with Crippen molar-refractivity contribution in [2.24, 2.45) is 5.18 Å². The lowest BCUT2D eigenvalue weighted by Crippen LogP contribution is -2.28. The molecule has 1 N–H and O–H groups in total. The van der Waals surface area contributed by atoms with Crippen molar-refractivity contribution >= 4 is 13.0 Å². The lowest BCUT2D eigenvalue weighted by atomic mass is 9.77. The van der Waals surface area contributed by atoms with E-state index in [0.717, 1.165) is 0 Å². The van der Waals surface area contributed by atoms with E-state index in [1.54, 1.807) is 6.07 Å². The summed E-state index contributed by atoms with van der Waals surface area (Å²) < 4.78 is 18.6. The number of nitrogens with zero attached hydrogens (tertiary/aromatic N) is 1. The van der Waals surface area contributed by atoms with Crippen molar-refractivity contribution in [3.8, 4) is 5.75 Å². The van der Waals surface area contributed by atoms with Crippen LogP contribution in [0.2, 0.25) is 6.32 Å². The average Bonchev–Trinajstić information content (AvgIpc) is 2.36. The highest BCUT2D eigenvalue weighted by atomic mass is 19.1. The van der Waals surface area contributed by atoms with Crippen LogP contribution in [0.5, 0.6) is 5.75 Å². The first-order valence-corrected chi connectivity index (χ1v) is 5.57. The second kappa shape index (κ2) is 4.85. The summed E-state index contributed by atoms with van der Waals surface area (Å²) in [6.07, 6.45) is -0.547. The summed E-state index contributed by atoms with van der Waals surface area (Å²) in [5, 5.41) is 11.7. The Morgan fingerprint density at radius 2 is 2.33 bits per heavy atom. The molecule has 2 rings (SSSR count). The van der Waals surface area contributed by atoms with Crippen LogP contribution >= 0.6 is 0 Å². The molecule has 1 atom stereocenters. The predicted octanol–water partition coefficient (Wildman–Crippen LogP) is 2.04. The lowest BCUT2D eigenvalue weighted by molar-refractivity contribution is 0.0996. The third kappa shape index (κ3) is 2.13. The van der Waals surface area contributed by atoms with Gasteiger partial charge in [-0.3, -0.25) is 4.79 Å². The lowest BCUT2D eigenvalue weighted by Gasteiger charge is -2.23. The zero-order chi connectivity index (χ0) is 13.3. The number of hydrogen-bond donors (Lipinski definition) is 1. The van der Waals surface area contributed by atoms with Crippen LogP contribution in [-0.4, -0.2) is 18.0 Å². The van der Waals surface area contributed by atoms with Gasteiger partial charge in [0.05, 0.1) is 5.56 Å². The van der Waals surface area contributed by atoms with Crippen molar-refractivity contribution in [3.05, 3.63) is 33.7 Å². The van der Waals surface area contributed by atoms with Gasteiger partial charge in [0.1, 0.15) is 11.9 Å². The first kappa shape index (κ1) is 12.7. The van der Waals surface area contributed by atoms with Crippen molar-refractivity contribution in [2.75, 3.05) is 0 Å². The van der Waals surface area contributed by atoms with Crippen LogP contribution in [0, 0.1) is 4.91 Å². The Bertz CT molecular complexity index is 506. The number of alkyl halides is 1. The van der Waals surface area contributed by atoms with Gasteiger partial charge in [0.25, 0.3) is 0 Å². The third-order valence-corrected chi connectivity index (χ3v) is 2.91. The van der Waals surface area contributed by atoms with E-state index in [4.69, 9.17) is 4.65 Å². The van der Waals surface area contributed by atoms with Crippen LogP contribution in [0.25, 0.3) is 0 Å². The largest absolute Gasteiger partial charge is 0.535 e. The van der Waals surface area contributed by atoms with Crippen molar-refractivity contribution in [1.29, 1.82) is 0 Å². The summed E-state index contributed by atoms with van der Waals surface area (Å²) in [5.41, 5.74) is 0.528. The Kier molecular flexibility index (Phi) is 3.42. The number of carbonyl (C=O) groups excluding carboxylic acids is 1. The maximum absolute atomic E-state index is 13.4. The smallest absolute Gasteiger partial charge is 0.522 e. The molecule has 1 aromatic rings. The summed E-state index contributed by atoms with van der Waals surface area (Å²) in [6.45, 7) is 1.25. The molecule has 1 aromatic carbocycles. The Morgan fingerprint density at radius 1 is 1.61 bits per heavy atom. The van der Waals surface area contributed by atoms with E-state index in [1.807, 2.05) is 0 Å². The van der Waals surface area contributed by atoms with Gasteiger partial charge in [0.2, 0.25) is 0 Å². The monoisotopic (exact) mass is 251 g/mol. The zero-order valence-corrected chi connectivity index (χ0v) is 9.72. The zero-order valence-electron chi connectivity index (χ0n) is 9.72. The van der Waals surface area contributed by atoms with Crippen molar-refractivity contribution in [2.45, 2.75) is 25.8 Å². The molecule has 0 saturated carbocycles. The highest BCUT2D eigenvalue weighted by Crippen LogP contribution is 2.36. The van der Waals surface area contributed by atoms with E-state index in [1.165, 1.54) is 13.0 Å². The molecule has 1 aliphatic rings. The van der Waals surface area contributed by atoms with Crippen molar-refractivity contribution in [1.82, 2.24) is 0 Å². The number of hydrogen-bond acceptors (Lipinski definition) is 4. The standard InChI is InChI=1S/C11H11BFNO4/c1-6(13)8-3-2-7-4-5-12(16)18-10(7)9(8)11(15)14-17/h2-3,6,16H,4-5H2,1H3. The van der Waals surface area contributed by atoms with E-state index in [9.17, 15) is 19.1 Å². The summed E-state index contributed by atoms with van der Waals surface area (Å²) in [6, 6.07) is 3.08. The van der Waals surface area contributed by atoms with E-state index < -0.39 is 19.2 Å². The van der Waals surface area contributed by atoms with Gasteiger partial charge in [-0.25, -0.2) is 4.39 Å². The Labute approximate surface area is 103 Å². The molecule has 1 amide bonds. The first-order chi connectivity index (χ1) is 8.54. The number of aryl methyl sites for hydroxylation is 1. The number of benzene rings is 1. The Hall–Kier alpha value is -1.76. The van der Waals surface area contributed by atoms with E-state index >= 15 is 0 Å². The van der Waals surface area contributed by atoms with E-state index in [-0.39, 0.29) is 16.9 Å². The van der Waals surface area contributed by atoms with Gasteiger partial charge in [-0.2, -0.15) is 0 Å². The number of carbonyl (C=O) groups is 1. The molecule has 1 aliphatic heterocycles. The second-order valence-corrected chi connectivity index (χ2v) is 4.14. The highest BCUT2D eigenvalue weighted by Gasteiger charge is 2.30. The van der Waals surface area contributed by atoms with Crippen LogP contribution in [-0.2, 0) is 6.42 Å². The topological polar surface area (TPSA) is 76.0 Å². The number of amides is 1. The van der Waals surface area contributed by atoms with Gasteiger partial charge in [-0.15, -0.1) is 4.91 Å². The van der Waals surface area contributed by atoms with Crippen molar-refractivity contribution < 1.29 is 18.9 Å². The molecular weight excluding hydrogens is 240 g/mol. The second-order valence-electron chi connectivity index (χ2n) is 4.14. The highest BCUT2D eigenvalue weighted by molar-refractivity contribution is 6.44. The molecule has 0 saturated heterocycles. The van der Waals surface area contributed by atoms with Gasteiger partial charge < -0.3 is 9.68 Å².